The van der Waals surface area contributed by atoms with Crippen LogP contribution in [0.4, 0.5) is 0 Å². The molecular weight excluding hydrogens is 262 g/mol. The van der Waals surface area contributed by atoms with Crippen LogP contribution in [0, 0.1) is 5.92 Å². The number of ether oxygens (including phenoxy) is 1. The zero-order valence-electron chi connectivity index (χ0n) is 13.4. The summed E-state index contributed by atoms with van der Waals surface area (Å²) in [5, 5.41) is 9.47. The van der Waals surface area contributed by atoms with Gasteiger partial charge in [0.25, 0.3) is 0 Å². The molecule has 0 bridgehead atoms. The average Bonchev–Trinajstić information content (AvgIpc) is 2.82. The largest absolute Gasteiger partial charge is 0.380 e. The maximum Gasteiger partial charge on any atom is 0.0841 e. The molecule has 4 heteroatoms. The van der Waals surface area contributed by atoms with E-state index in [1.807, 2.05) is 0 Å². The maximum atomic E-state index is 5.58. The van der Waals surface area contributed by atoms with Crippen molar-refractivity contribution in [2.75, 3.05) is 19.8 Å². The van der Waals surface area contributed by atoms with Crippen molar-refractivity contribution in [1.29, 1.82) is 0 Å². The van der Waals surface area contributed by atoms with Gasteiger partial charge >= 0.3 is 0 Å². The zero-order chi connectivity index (χ0) is 15.1. The minimum Gasteiger partial charge on any atom is -0.380 e. The first-order chi connectivity index (χ1) is 10.2. The Morgan fingerprint density at radius 1 is 1.24 bits per heavy atom. The molecule has 0 spiro atoms. The van der Waals surface area contributed by atoms with E-state index in [1.165, 1.54) is 10.9 Å². The highest BCUT2D eigenvalue weighted by Gasteiger charge is 2.09. The lowest BCUT2D eigenvalue weighted by atomic mass is 10.2. The first-order valence-corrected chi connectivity index (χ1v) is 7.95. The van der Waals surface area contributed by atoms with Gasteiger partial charge in [0, 0.05) is 18.5 Å². The fraction of sp³-hybridized carbons (Fsp3) is 0.588. The van der Waals surface area contributed by atoms with Gasteiger partial charge in [-0.15, -0.1) is 0 Å². The third-order valence-electron chi connectivity index (χ3n) is 3.38. The third kappa shape index (κ3) is 4.55. The summed E-state index contributed by atoms with van der Waals surface area (Å²) in [6.45, 7) is 10.7. The van der Waals surface area contributed by atoms with Crippen molar-refractivity contribution in [3.8, 4) is 0 Å². The number of benzene rings is 1. The SMILES string of the molecule is CCCOCCn1nc(CNCC(C)C)c2ccccc21. The third-order valence-corrected chi connectivity index (χ3v) is 3.38. The first kappa shape index (κ1) is 16.0. The minimum atomic E-state index is 0.654. The number of hydrogen-bond donors (Lipinski definition) is 1. The fourth-order valence-corrected chi connectivity index (χ4v) is 2.37. The van der Waals surface area contributed by atoms with Crippen LogP contribution in [0.2, 0.25) is 0 Å². The smallest absolute Gasteiger partial charge is 0.0841 e. The number of rotatable bonds is 9. The summed E-state index contributed by atoms with van der Waals surface area (Å²) in [5.74, 6) is 0.654. The van der Waals surface area contributed by atoms with Gasteiger partial charge in [-0.1, -0.05) is 39.0 Å². The molecule has 1 aromatic carbocycles. The van der Waals surface area contributed by atoms with Crippen LogP contribution >= 0.6 is 0 Å². The second kappa shape index (κ2) is 8.15. The summed E-state index contributed by atoms with van der Waals surface area (Å²) in [6, 6.07) is 8.43. The van der Waals surface area contributed by atoms with Gasteiger partial charge < -0.3 is 10.1 Å². The molecule has 2 rings (SSSR count). The molecule has 0 aliphatic heterocycles. The molecule has 0 unspecified atom stereocenters. The number of nitrogens with one attached hydrogen (secondary N) is 1. The molecular formula is C17H27N3O. The fourth-order valence-electron chi connectivity index (χ4n) is 2.37. The number of fused-ring (bicyclic) bond motifs is 1. The van der Waals surface area contributed by atoms with Gasteiger partial charge in [0.05, 0.1) is 24.4 Å². The van der Waals surface area contributed by atoms with Gasteiger partial charge in [-0.2, -0.15) is 5.10 Å². The number of nitrogens with zero attached hydrogens (tertiary/aromatic N) is 2. The Kier molecular flexibility index (Phi) is 6.21. The van der Waals surface area contributed by atoms with Crippen molar-refractivity contribution >= 4 is 10.9 Å². The summed E-state index contributed by atoms with van der Waals surface area (Å²) in [6.07, 6.45) is 1.06. The average molecular weight is 289 g/mol. The van der Waals surface area contributed by atoms with Crippen LogP contribution in [0.25, 0.3) is 10.9 Å². The summed E-state index contributed by atoms with van der Waals surface area (Å²) in [4.78, 5) is 0. The molecule has 21 heavy (non-hydrogen) atoms. The summed E-state index contributed by atoms with van der Waals surface area (Å²) < 4.78 is 7.65. The van der Waals surface area contributed by atoms with Crippen LogP contribution in [0.5, 0.6) is 0 Å². The summed E-state index contributed by atoms with van der Waals surface area (Å²) in [5.41, 5.74) is 2.32. The van der Waals surface area contributed by atoms with Crippen LogP contribution in [-0.4, -0.2) is 29.5 Å². The molecule has 0 fully saturated rings. The maximum absolute atomic E-state index is 5.58. The molecule has 1 N–H and O–H groups in total. The molecule has 0 amide bonds. The van der Waals surface area contributed by atoms with Crippen LogP contribution in [0.15, 0.2) is 24.3 Å². The topological polar surface area (TPSA) is 39.1 Å². The highest BCUT2D eigenvalue weighted by Crippen LogP contribution is 2.18. The van der Waals surface area contributed by atoms with E-state index in [2.05, 4.69) is 55.0 Å². The highest BCUT2D eigenvalue weighted by molar-refractivity contribution is 5.81. The van der Waals surface area contributed by atoms with Gasteiger partial charge in [0.1, 0.15) is 0 Å². The Hall–Kier alpha value is -1.39. The highest BCUT2D eigenvalue weighted by atomic mass is 16.5. The second-order valence-electron chi connectivity index (χ2n) is 5.82. The van der Waals surface area contributed by atoms with E-state index < -0.39 is 0 Å². The molecule has 4 nitrogen and oxygen atoms in total. The molecule has 0 saturated heterocycles. The van der Waals surface area contributed by atoms with E-state index in [0.717, 1.165) is 45.0 Å². The van der Waals surface area contributed by atoms with E-state index in [1.54, 1.807) is 0 Å². The lowest BCUT2D eigenvalue weighted by molar-refractivity contribution is 0.125. The monoisotopic (exact) mass is 289 g/mol. The molecule has 0 aliphatic rings. The molecule has 0 aliphatic carbocycles. The molecule has 0 atom stereocenters. The van der Waals surface area contributed by atoms with E-state index in [-0.39, 0.29) is 0 Å². The van der Waals surface area contributed by atoms with Crippen molar-refractivity contribution in [2.24, 2.45) is 5.92 Å². The Bertz CT molecular complexity index is 548. The second-order valence-corrected chi connectivity index (χ2v) is 5.82. The van der Waals surface area contributed by atoms with Gasteiger partial charge in [-0.05, 0) is 24.9 Å². The number of aromatic nitrogens is 2. The van der Waals surface area contributed by atoms with E-state index in [9.17, 15) is 0 Å². The van der Waals surface area contributed by atoms with Crippen LogP contribution in [-0.2, 0) is 17.8 Å². The Balaban J connectivity index is 2.06. The van der Waals surface area contributed by atoms with E-state index >= 15 is 0 Å². The molecule has 2 aromatic rings. The Labute approximate surface area is 127 Å². The predicted octanol–water partition coefficient (Wildman–Crippen LogP) is 3.21. The Morgan fingerprint density at radius 2 is 2.05 bits per heavy atom. The van der Waals surface area contributed by atoms with Gasteiger partial charge in [-0.3, -0.25) is 4.68 Å². The van der Waals surface area contributed by atoms with Gasteiger partial charge in [0.15, 0.2) is 0 Å². The number of para-hydroxylation sites is 1. The van der Waals surface area contributed by atoms with Crippen LogP contribution < -0.4 is 5.32 Å². The quantitative estimate of drug-likeness (QED) is 0.721. The van der Waals surface area contributed by atoms with Crippen molar-refractivity contribution in [1.82, 2.24) is 15.1 Å². The van der Waals surface area contributed by atoms with Gasteiger partial charge in [0.2, 0.25) is 0 Å². The molecule has 0 saturated carbocycles. The van der Waals surface area contributed by atoms with Gasteiger partial charge in [-0.25, -0.2) is 0 Å². The summed E-state index contributed by atoms with van der Waals surface area (Å²) in [7, 11) is 0. The lowest BCUT2D eigenvalue weighted by Gasteiger charge is -2.05. The lowest BCUT2D eigenvalue weighted by Crippen LogP contribution is -2.19. The Morgan fingerprint density at radius 3 is 2.81 bits per heavy atom. The normalized spacial score (nSPS) is 11.6. The van der Waals surface area contributed by atoms with Crippen molar-refractivity contribution in [3.63, 3.8) is 0 Å². The molecule has 1 heterocycles. The number of hydrogen-bond acceptors (Lipinski definition) is 3. The van der Waals surface area contributed by atoms with E-state index in [4.69, 9.17) is 9.84 Å². The molecule has 1 aromatic heterocycles. The minimum absolute atomic E-state index is 0.654. The molecule has 116 valence electrons. The van der Waals surface area contributed by atoms with Crippen LogP contribution in [0.1, 0.15) is 32.9 Å². The summed E-state index contributed by atoms with van der Waals surface area (Å²) >= 11 is 0. The predicted molar refractivity (Wildman–Crippen MR) is 87.4 cm³/mol. The van der Waals surface area contributed by atoms with Crippen molar-refractivity contribution < 1.29 is 4.74 Å². The molecule has 0 radical (unpaired) electrons. The van der Waals surface area contributed by atoms with Crippen molar-refractivity contribution in [3.05, 3.63) is 30.0 Å². The standard InChI is InChI=1S/C17H27N3O/c1-4-10-21-11-9-20-17-8-6-5-7-15(17)16(19-20)13-18-12-14(2)3/h5-8,14,18H,4,9-13H2,1-3H3. The zero-order valence-corrected chi connectivity index (χ0v) is 13.4. The van der Waals surface area contributed by atoms with Crippen LogP contribution in [0.3, 0.4) is 0 Å². The van der Waals surface area contributed by atoms with E-state index in [0.29, 0.717) is 5.92 Å². The van der Waals surface area contributed by atoms with Crippen molar-refractivity contribution in [2.45, 2.75) is 40.3 Å². The first-order valence-electron chi connectivity index (χ1n) is 7.95.